The van der Waals surface area contributed by atoms with E-state index in [-0.39, 0.29) is 5.91 Å². The van der Waals surface area contributed by atoms with Crippen molar-refractivity contribution in [2.75, 3.05) is 5.32 Å². The molecule has 0 radical (unpaired) electrons. The van der Waals surface area contributed by atoms with Gasteiger partial charge in [-0.15, -0.1) is 11.3 Å². The normalized spacial score (nSPS) is 11.3. The number of carbonyl (C=O) groups is 1. The minimum absolute atomic E-state index is 0.291. The van der Waals surface area contributed by atoms with Crippen LogP contribution >= 0.6 is 62.2 Å². The van der Waals surface area contributed by atoms with Crippen molar-refractivity contribution >= 4 is 94.9 Å². The van der Waals surface area contributed by atoms with Crippen LogP contribution in [0.5, 0.6) is 0 Å². The van der Waals surface area contributed by atoms with Crippen LogP contribution in [-0.4, -0.2) is 14.7 Å². The smallest absolute Gasteiger partial charge is 0.267 e. The molecular formula is C15H6BrCl2N3OS2. The van der Waals surface area contributed by atoms with Crippen molar-refractivity contribution in [3.8, 4) is 0 Å². The zero-order valence-corrected chi connectivity index (χ0v) is 16.4. The molecule has 0 saturated carbocycles. The Hall–Kier alpha value is -1.25. The molecule has 1 amide bonds. The van der Waals surface area contributed by atoms with Crippen LogP contribution in [0.3, 0.4) is 0 Å². The van der Waals surface area contributed by atoms with Crippen LogP contribution in [0, 0.1) is 0 Å². The van der Waals surface area contributed by atoms with E-state index in [0.717, 1.165) is 21.9 Å². The molecule has 4 nitrogen and oxygen atoms in total. The van der Waals surface area contributed by atoms with E-state index >= 15 is 0 Å². The van der Waals surface area contributed by atoms with E-state index in [1.807, 2.05) is 18.2 Å². The number of hydrogen-bond acceptors (Lipinski definition) is 5. The fourth-order valence-electron chi connectivity index (χ4n) is 2.31. The number of benzene rings is 2. The van der Waals surface area contributed by atoms with Gasteiger partial charge in [-0.2, -0.15) is 8.75 Å². The first-order valence-corrected chi connectivity index (χ1v) is 9.74. The third-order valence-electron chi connectivity index (χ3n) is 3.43. The zero-order valence-electron chi connectivity index (χ0n) is 11.6. The lowest BCUT2D eigenvalue weighted by molar-refractivity contribution is 0.103. The maximum Gasteiger partial charge on any atom is 0.267 e. The second-order valence-electron chi connectivity index (χ2n) is 4.87. The summed E-state index contributed by atoms with van der Waals surface area (Å²) in [5.41, 5.74) is 2.10. The van der Waals surface area contributed by atoms with Crippen LogP contribution in [0.15, 0.2) is 34.8 Å². The summed E-state index contributed by atoms with van der Waals surface area (Å²) in [4.78, 5) is 13.1. The maximum atomic E-state index is 12.7. The number of rotatable bonds is 2. The van der Waals surface area contributed by atoms with Crippen molar-refractivity contribution in [3.63, 3.8) is 0 Å². The lowest BCUT2D eigenvalue weighted by Gasteiger charge is -2.06. The Morgan fingerprint density at radius 1 is 1.17 bits per heavy atom. The first kappa shape index (κ1) is 16.2. The van der Waals surface area contributed by atoms with Gasteiger partial charge in [-0.3, -0.25) is 4.79 Å². The van der Waals surface area contributed by atoms with Crippen molar-refractivity contribution in [1.82, 2.24) is 8.75 Å². The first-order valence-electron chi connectivity index (χ1n) is 6.65. The molecule has 9 heteroatoms. The molecule has 1 N–H and O–H groups in total. The van der Waals surface area contributed by atoms with Gasteiger partial charge in [0.25, 0.3) is 5.91 Å². The molecule has 2 aromatic carbocycles. The number of nitrogens with zero attached hydrogens (tertiary/aromatic N) is 2. The molecule has 4 aromatic rings. The first-order chi connectivity index (χ1) is 11.6. The number of hydrogen-bond donors (Lipinski definition) is 1. The summed E-state index contributed by atoms with van der Waals surface area (Å²) in [6.45, 7) is 0. The Kier molecular flexibility index (Phi) is 4.22. The number of thiophene rings is 1. The van der Waals surface area contributed by atoms with Crippen molar-refractivity contribution in [3.05, 3.63) is 49.7 Å². The summed E-state index contributed by atoms with van der Waals surface area (Å²) in [6, 6.07) is 9.06. The number of anilines is 1. The van der Waals surface area contributed by atoms with Gasteiger partial charge < -0.3 is 5.32 Å². The topological polar surface area (TPSA) is 54.9 Å². The summed E-state index contributed by atoms with van der Waals surface area (Å²) in [5.74, 6) is -0.291. The van der Waals surface area contributed by atoms with Crippen LogP contribution in [0.1, 0.15) is 9.67 Å². The number of halogens is 3. The van der Waals surface area contributed by atoms with Crippen LogP contribution in [0.4, 0.5) is 5.69 Å². The van der Waals surface area contributed by atoms with Gasteiger partial charge in [0.2, 0.25) is 0 Å². The Labute approximate surface area is 162 Å². The number of amides is 1. The van der Waals surface area contributed by atoms with E-state index in [1.165, 1.54) is 11.3 Å². The summed E-state index contributed by atoms with van der Waals surface area (Å²) < 4.78 is 9.94. The van der Waals surface area contributed by atoms with Gasteiger partial charge in [0.05, 0.1) is 31.9 Å². The third kappa shape index (κ3) is 2.60. The van der Waals surface area contributed by atoms with Gasteiger partial charge in [-0.1, -0.05) is 29.3 Å². The number of nitrogens with one attached hydrogen (secondary N) is 1. The zero-order chi connectivity index (χ0) is 16.8. The Balaban J connectivity index is 1.75. The molecule has 0 atom stereocenters. The van der Waals surface area contributed by atoms with Crippen LogP contribution < -0.4 is 5.32 Å². The molecule has 4 rings (SSSR count). The number of fused-ring (bicyclic) bond motifs is 2. The van der Waals surface area contributed by atoms with Crippen molar-refractivity contribution in [1.29, 1.82) is 0 Å². The predicted octanol–water partition coefficient (Wildman–Crippen LogP) is 6.23. The number of aromatic nitrogens is 2. The van der Waals surface area contributed by atoms with Crippen LogP contribution in [0.25, 0.3) is 21.1 Å². The van der Waals surface area contributed by atoms with Crippen LogP contribution in [0.2, 0.25) is 10.0 Å². The average Bonchev–Trinajstić information content (AvgIpc) is 3.16. The van der Waals surface area contributed by atoms with E-state index in [2.05, 4.69) is 30.0 Å². The van der Waals surface area contributed by atoms with E-state index in [9.17, 15) is 4.79 Å². The molecular weight excluding hydrogens is 453 g/mol. The molecule has 2 aromatic heterocycles. The Bertz CT molecular complexity index is 1110. The number of carbonyl (C=O) groups excluding carboxylic acids is 1. The summed E-state index contributed by atoms with van der Waals surface area (Å²) in [6.07, 6.45) is 0. The van der Waals surface area contributed by atoms with E-state index in [4.69, 9.17) is 23.2 Å². The highest BCUT2D eigenvalue weighted by atomic mass is 79.9. The predicted molar refractivity (Wildman–Crippen MR) is 105 cm³/mol. The molecule has 0 spiro atoms. The highest BCUT2D eigenvalue weighted by Crippen LogP contribution is 2.40. The largest absolute Gasteiger partial charge is 0.320 e. The highest BCUT2D eigenvalue weighted by molar-refractivity contribution is 9.10. The highest BCUT2D eigenvalue weighted by Gasteiger charge is 2.20. The minimum atomic E-state index is -0.291. The van der Waals surface area contributed by atoms with Gasteiger partial charge in [0.15, 0.2) is 0 Å². The summed E-state index contributed by atoms with van der Waals surface area (Å²) >= 11 is 18.5. The summed E-state index contributed by atoms with van der Waals surface area (Å²) in [7, 11) is 0. The molecule has 0 saturated heterocycles. The maximum absolute atomic E-state index is 12.7. The quantitative estimate of drug-likeness (QED) is 0.387. The fraction of sp³-hybridized carbons (Fsp3) is 0. The van der Waals surface area contributed by atoms with E-state index < -0.39 is 0 Å². The third-order valence-corrected chi connectivity index (χ3v) is 6.73. The molecule has 24 heavy (non-hydrogen) atoms. The van der Waals surface area contributed by atoms with Crippen molar-refractivity contribution in [2.24, 2.45) is 0 Å². The molecule has 0 aliphatic rings. The second-order valence-corrected chi connectivity index (χ2v) is 8.03. The molecule has 120 valence electrons. The lowest BCUT2D eigenvalue weighted by Crippen LogP contribution is -2.11. The minimum Gasteiger partial charge on any atom is -0.320 e. The van der Waals surface area contributed by atoms with Gasteiger partial charge in [-0.25, -0.2) is 0 Å². The molecule has 0 bridgehead atoms. The Morgan fingerprint density at radius 2 is 2.00 bits per heavy atom. The van der Waals surface area contributed by atoms with Crippen LogP contribution in [-0.2, 0) is 0 Å². The van der Waals surface area contributed by atoms with Gasteiger partial charge in [0, 0.05) is 10.1 Å². The van der Waals surface area contributed by atoms with Crippen molar-refractivity contribution < 1.29 is 4.79 Å². The summed E-state index contributed by atoms with van der Waals surface area (Å²) in [5, 5.41) is 4.46. The molecule has 2 heterocycles. The van der Waals surface area contributed by atoms with Gasteiger partial charge in [-0.05, 0) is 40.2 Å². The molecule has 0 unspecified atom stereocenters. The van der Waals surface area contributed by atoms with Crippen molar-refractivity contribution in [2.45, 2.75) is 0 Å². The molecule has 0 aliphatic carbocycles. The second kappa shape index (κ2) is 6.24. The van der Waals surface area contributed by atoms with E-state index in [1.54, 1.807) is 12.1 Å². The standard InChI is InChI=1S/C15H6BrCl2N3OS2/c16-11-7(4-5-8-13(11)21-24-20-8)19-15(22)14-12(18)10-6(17)2-1-3-9(10)23-14/h1-5H,(H,19,22). The average molecular weight is 459 g/mol. The van der Waals surface area contributed by atoms with Gasteiger partial charge in [0.1, 0.15) is 15.9 Å². The molecule has 0 aliphatic heterocycles. The molecule has 0 fully saturated rings. The van der Waals surface area contributed by atoms with Gasteiger partial charge >= 0.3 is 0 Å². The van der Waals surface area contributed by atoms with E-state index in [0.29, 0.717) is 36.0 Å². The monoisotopic (exact) mass is 457 g/mol. The SMILES string of the molecule is O=C(Nc1ccc2nsnc2c1Br)c1sc2cccc(Cl)c2c1Cl. The Morgan fingerprint density at radius 3 is 2.79 bits per heavy atom. The lowest BCUT2D eigenvalue weighted by atomic mass is 10.2. The fourth-order valence-corrected chi connectivity index (χ4v) is 5.35.